The number of esters is 1. The SMILES string of the molecule is CCOC(=O)C(C)(C#N)c1ncc([N+](=O)[O-])s1. The van der Waals surface area contributed by atoms with Crippen LogP contribution in [0.2, 0.25) is 0 Å². The van der Waals surface area contributed by atoms with Crippen molar-refractivity contribution in [2.24, 2.45) is 0 Å². The van der Waals surface area contributed by atoms with Crippen molar-refractivity contribution < 1.29 is 14.5 Å². The Morgan fingerprint density at radius 1 is 1.82 bits per heavy atom. The third-order valence-corrected chi connectivity index (χ3v) is 3.18. The highest BCUT2D eigenvalue weighted by atomic mass is 32.1. The van der Waals surface area contributed by atoms with Crippen molar-refractivity contribution in [3.63, 3.8) is 0 Å². The van der Waals surface area contributed by atoms with Crippen LogP contribution in [0.5, 0.6) is 0 Å². The zero-order chi connectivity index (χ0) is 13.1. The number of rotatable bonds is 4. The fourth-order valence-corrected chi connectivity index (χ4v) is 1.85. The first kappa shape index (κ1) is 13.1. The van der Waals surface area contributed by atoms with Crippen LogP contribution in [0.1, 0.15) is 18.9 Å². The lowest BCUT2D eigenvalue weighted by molar-refractivity contribution is -0.380. The van der Waals surface area contributed by atoms with Gasteiger partial charge in [-0.25, -0.2) is 9.78 Å². The molecule has 90 valence electrons. The second-order valence-electron chi connectivity index (χ2n) is 3.22. The van der Waals surface area contributed by atoms with Gasteiger partial charge in [-0.1, -0.05) is 0 Å². The summed E-state index contributed by atoms with van der Waals surface area (Å²) in [5.74, 6) is -0.758. The van der Waals surface area contributed by atoms with Gasteiger partial charge in [-0.15, -0.1) is 0 Å². The Hall–Kier alpha value is -2.01. The summed E-state index contributed by atoms with van der Waals surface area (Å²) in [4.78, 5) is 25.2. The summed E-state index contributed by atoms with van der Waals surface area (Å²) in [6, 6.07) is 1.78. The summed E-state index contributed by atoms with van der Waals surface area (Å²) in [6.45, 7) is 3.07. The molecule has 0 fully saturated rings. The molecule has 7 nitrogen and oxygen atoms in total. The molecule has 0 bridgehead atoms. The van der Waals surface area contributed by atoms with Crippen molar-refractivity contribution in [1.29, 1.82) is 5.26 Å². The highest BCUT2D eigenvalue weighted by molar-refractivity contribution is 7.15. The van der Waals surface area contributed by atoms with E-state index >= 15 is 0 Å². The van der Waals surface area contributed by atoms with Gasteiger partial charge in [0.25, 0.3) is 0 Å². The van der Waals surface area contributed by atoms with Gasteiger partial charge >= 0.3 is 11.0 Å². The largest absolute Gasteiger partial charge is 0.464 e. The van der Waals surface area contributed by atoms with E-state index in [9.17, 15) is 14.9 Å². The number of carbonyl (C=O) groups is 1. The van der Waals surface area contributed by atoms with Gasteiger partial charge in [0.2, 0.25) is 5.41 Å². The van der Waals surface area contributed by atoms with Crippen LogP contribution in [-0.2, 0) is 14.9 Å². The van der Waals surface area contributed by atoms with E-state index in [0.717, 1.165) is 6.20 Å². The van der Waals surface area contributed by atoms with Gasteiger partial charge < -0.3 is 4.74 Å². The summed E-state index contributed by atoms with van der Waals surface area (Å²) in [7, 11) is 0. The zero-order valence-corrected chi connectivity index (χ0v) is 9.98. The first-order chi connectivity index (χ1) is 7.95. The lowest BCUT2D eigenvalue weighted by Gasteiger charge is -2.15. The van der Waals surface area contributed by atoms with Gasteiger partial charge in [-0.3, -0.25) is 10.1 Å². The van der Waals surface area contributed by atoms with E-state index in [1.54, 1.807) is 13.0 Å². The van der Waals surface area contributed by atoms with Crippen molar-refractivity contribution >= 4 is 22.3 Å². The van der Waals surface area contributed by atoms with Crippen molar-refractivity contribution in [1.82, 2.24) is 4.98 Å². The van der Waals surface area contributed by atoms with Crippen LogP contribution in [0.25, 0.3) is 0 Å². The number of aromatic nitrogens is 1. The van der Waals surface area contributed by atoms with Gasteiger partial charge in [-0.2, -0.15) is 5.26 Å². The van der Waals surface area contributed by atoms with E-state index < -0.39 is 16.3 Å². The Balaban J connectivity index is 3.13. The fourth-order valence-electron chi connectivity index (χ4n) is 1.04. The van der Waals surface area contributed by atoms with E-state index in [-0.39, 0.29) is 16.6 Å². The van der Waals surface area contributed by atoms with E-state index in [4.69, 9.17) is 10.00 Å². The van der Waals surface area contributed by atoms with Crippen molar-refractivity contribution in [3.8, 4) is 6.07 Å². The third-order valence-electron chi connectivity index (χ3n) is 2.01. The van der Waals surface area contributed by atoms with Gasteiger partial charge in [0.15, 0.2) is 0 Å². The van der Waals surface area contributed by atoms with Crippen LogP contribution in [0, 0.1) is 21.4 Å². The summed E-state index contributed by atoms with van der Waals surface area (Å²) in [5.41, 5.74) is -1.60. The minimum absolute atomic E-state index is 0.0603. The third kappa shape index (κ3) is 2.39. The predicted molar refractivity (Wildman–Crippen MR) is 58.4 cm³/mol. The molecule has 0 saturated heterocycles. The maximum absolute atomic E-state index is 11.6. The molecule has 1 aromatic rings. The highest BCUT2D eigenvalue weighted by Gasteiger charge is 2.41. The lowest BCUT2D eigenvalue weighted by Crippen LogP contribution is -2.32. The van der Waals surface area contributed by atoms with Crippen LogP contribution in [0.15, 0.2) is 6.20 Å². The minimum atomic E-state index is -1.60. The summed E-state index contributed by atoms with van der Waals surface area (Å²) >= 11 is 0.693. The molecule has 0 saturated carbocycles. The number of nitro groups is 1. The molecule has 1 unspecified atom stereocenters. The van der Waals surface area contributed by atoms with Crippen LogP contribution in [-0.4, -0.2) is 22.5 Å². The van der Waals surface area contributed by atoms with Gasteiger partial charge in [0.1, 0.15) is 11.2 Å². The summed E-state index contributed by atoms with van der Waals surface area (Å²) in [6.07, 6.45) is 1.02. The maximum Gasteiger partial charge on any atom is 0.344 e. The van der Waals surface area contributed by atoms with E-state index in [0.29, 0.717) is 11.3 Å². The van der Waals surface area contributed by atoms with Gasteiger partial charge in [-0.05, 0) is 25.2 Å². The van der Waals surface area contributed by atoms with Crippen LogP contribution in [0.3, 0.4) is 0 Å². The molecule has 0 aliphatic carbocycles. The number of ether oxygens (including phenoxy) is 1. The number of carbonyl (C=O) groups excluding carboxylic acids is 1. The van der Waals surface area contributed by atoms with Gasteiger partial charge in [0.05, 0.1) is 17.6 Å². The molecule has 1 heterocycles. The first-order valence-corrected chi connectivity index (χ1v) is 5.46. The van der Waals surface area contributed by atoms with E-state index in [1.165, 1.54) is 6.92 Å². The number of thiazole rings is 1. The Bertz CT molecular complexity index is 493. The number of nitrogens with zero attached hydrogens (tertiary/aromatic N) is 3. The highest BCUT2D eigenvalue weighted by Crippen LogP contribution is 2.32. The normalized spacial score (nSPS) is 13.5. The summed E-state index contributed by atoms with van der Waals surface area (Å²) < 4.78 is 4.76. The van der Waals surface area contributed by atoms with Crippen molar-refractivity contribution in [3.05, 3.63) is 21.3 Å². The van der Waals surface area contributed by atoms with E-state index in [1.807, 2.05) is 0 Å². The standard InChI is InChI=1S/C9H9N3O4S/c1-3-16-8(13)9(2,5-10)7-11-4-6(17-7)12(14)15/h4H,3H2,1-2H3. The Morgan fingerprint density at radius 3 is 2.88 bits per heavy atom. The second kappa shape index (κ2) is 4.88. The molecule has 0 aliphatic rings. The maximum atomic E-state index is 11.6. The van der Waals surface area contributed by atoms with Crippen LogP contribution >= 0.6 is 11.3 Å². The number of nitriles is 1. The molecule has 1 aromatic heterocycles. The van der Waals surface area contributed by atoms with Crippen molar-refractivity contribution in [2.45, 2.75) is 19.3 Å². The predicted octanol–water partition coefficient (Wildman–Crippen LogP) is 1.40. The number of hydrogen-bond acceptors (Lipinski definition) is 7. The molecule has 8 heteroatoms. The molecule has 1 rings (SSSR count). The quantitative estimate of drug-likeness (QED) is 0.457. The molecule has 0 spiro atoms. The molecule has 0 aliphatic heterocycles. The van der Waals surface area contributed by atoms with Crippen LogP contribution < -0.4 is 0 Å². The molecule has 0 radical (unpaired) electrons. The zero-order valence-electron chi connectivity index (χ0n) is 9.17. The molecular formula is C9H9N3O4S. The fraction of sp³-hybridized carbons (Fsp3) is 0.444. The Morgan fingerprint density at radius 2 is 2.47 bits per heavy atom. The van der Waals surface area contributed by atoms with E-state index in [2.05, 4.69) is 4.98 Å². The Kier molecular flexibility index (Phi) is 3.75. The monoisotopic (exact) mass is 255 g/mol. The topological polar surface area (TPSA) is 106 Å². The molecule has 17 heavy (non-hydrogen) atoms. The average Bonchev–Trinajstić information content (AvgIpc) is 2.78. The molecule has 1 atom stereocenters. The molecule has 0 N–H and O–H groups in total. The smallest absolute Gasteiger partial charge is 0.344 e. The van der Waals surface area contributed by atoms with Crippen molar-refractivity contribution in [2.75, 3.05) is 6.61 Å². The number of hydrogen-bond donors (Lipinski definition) is 0. The first-order valence-electron chi connectivity index (χ1n) is 4.65. The lowest BCUT2D eigenvalue weighted by atomic mass is 9.94. The van der Waals surface area contributed by atoms with Crippen LogP contribution in [0.4, 0.5) is 5.00 Å². The average molecular weight is 255 g/mol. The van der Waals surface area contributed by atoms with Gasteiger partial charge in [0, 0.05) is 0 Å². The molecule has 0 aromatic carbocycles. The Labute approximate surface area is 101 Å². The second-order valence-corrected chi connectivity index (χ2v) is 4.23. The molecule has 0 amide bonds. The summed E-state index contributed by atoms with van der Waals surface area (Å²) in [5, 5.41) is 19.4. The molecular weight excluding hydrogens is 246 g/mol. The minimum Gasteiger partial charge on any atom is -0.464 e.